The van der Waals surface area contributed by atoms with E-state index in [1.165, 1.54) is 9.35 Å². The largest absolute Gasteiger partial charge is 0.385 e. The summed E-state index contributed by atoms with van der Waals surface area (Å²) < 4.78 is 6.32. The van der Waals surface area contributed by atoms with Crippen molar-refractivity contribution in [3.63, 3.8) is 0 Å². The summed E-state index contributed by atoms with van der Waals surface area (Å²) in [5, 5.41) is 5.70. The van der Waals surface area contributed by atoms with Gasteiger partial charge in [-0.1, -0.05) is 13.8 Å². The van der Waals surface area contributed by atoms with Gasteiger partial charge in [-0.25, -0.2) is 0 Å². The van der Waals surface area contributed by atoms with Crippen LogP contribution in [0, 0.1) is 5.92 Å². The number of halogens is 1. The first-order valence-electron chi connectivity index (χ1n) is 5.65. The first kappa shape index (κ1) is 14.2. The van der Waals surface area contributed by atoms with Gasteiger partial charge in [0.1, 0.15) is 0 Å². The van der Waals surface area contributed by atoms with Gasteiger partial charge in [-0.15, -0.1) is 11.3 Å². The molecule has 0 bridgehead atoms. The van der Waals surface area contributed by atoms with E-state index in [0.717, 1.165) is 19.6 Å². The van der Waals surface area contributed by atoms with Crippen LogP contribution in [-0.4, -0.2) is 20.3 Å². The van der Waals surface area contributed by atoms with Crippen LogP contribution in [0.5, 0.6) is 0 Å². The molecule has 0 fully saturated rings. The molecule has 0 spiro atoms. The second-order valence-corrected chi connectivity index (χ2v) is 5.82. The van der Waals surface area contributed by atoms with E-state index in [-0.39, 0.29) is 0 Å². The summed E-state index contributed by atoms with van der Waals surface area (Å²) in [6, 6.07) is 2.65. The second kappa shape index (κ2) is 7.43. The maximum Gasteiger partial charge on any atom is 0.0465 e. The van der Waals surface area contributed by atoms with Gasteiger partial charge >= 0.3 is 0 Å². The fraction of sp³-hybridized carbons (Fsp3) is 0.667. The summed E-state index contributed by atoms with van der Waals surface area (Å²) in [7, 11) is 1.76. The molecular formula is C12H20BrNOS. The van der Waals surface area contributed by atoms with E-state index in [2.05, 4.69) is 46.5 Å². The fourth-order valence-electron chi connectivity index (χ4n) is 1.76. The van der Waals surface area contributed by atoms with Crippen molar-refractivity contribution in [3.8, 4) is 0 Å². The number of thiophene rings is 1. The lowest BCUT2D eigenvalue weighted by Crippen LogP contribution is -2.26. The van der Waals surface area contributed by atoms with E-state index in [4.69, 9.17) is 4.74 Å². The maximum atomic E-state index is 5.15. The lowest BCUT2D eigenvalue weighted by molar-refractivity contribution is 0.171. The molecule has 0 aromatic carbocycles. The van der Waals surface area contributed by atoms with Crippen molar-refractivity contribution >= 4 is 27.3 Å². The summed E-state index contributed by atoms with van der Waals surface area (Å²) >= 11 is 5.32. The van der Waals surface area contributed by atoms with E-state index in [0.29, 0.717) is 12.0 Å². The molecule has 0 aliphatic heterocycles. The van der Waals surface area contributed by atoms with Crippen LogP contribution < -0.4 is 5.32 Å². The van der Waals surface area contributed by atoms with Gasteiger partial charge in [0.05, 0.1) is 0 Å². The number of methoxy groups -OCH3 is 1. The molecule has 16 heavy (non-hydrogen) atoms. The van der Waals surface area contributed by atoms with Gasteiger partial charge in [0.2, 0.25) is 0 Å². The summed E-state index contributed by atoms with van der Waals surface area (Å²) in [6.07, 6.45) is 1.09. The Hall–Kier alpha value is 0.1000. The highest BCUT2D eigenvalue weighted by Gasteiger charge is 2.19. The first-order chi connectivity index (χ1) is 7.69. The highest BCUT2D eigenvalue weighted by atomic mass is 79.9. The monoisotopic (exact) mass is 305 g/mol. The number of hydrogen-bond donors (Lipinski definition) is 1. The average molecular weight is 306 g/mol. The summed E-state index contributed by atoms with van der Waals surface area (Å²) in [5.41, 5.74) is 0. The van der Waals surface area contributed by atoms with Crippen molar-refractivity contribution in [2.45, 2.75) is 26.3 Å². The van der Waals surface area contributed by atoms with Crippen LogP contribution >= 0.6 is 27.3 Å². The second-order valence-electron chi connectivity index (χ2n) is 3.96. The van der Waals surface area contributed by atoms with Crippen LogP contribution in [0.4, 0.5) is 0 Å². The van der Waals surface area contributed by atoms with Crippen molar-refractivity contribution < 1.29 is 4.74 Å². The van der Waals surface area contributed by atoms with E-state index in [1.54, 1.807) is 7.11 Å². The summed E-state index contributed by atoms with van der Waals surface area (Å²) in [4.78, 5) is 1.40. The number of rotatable bonds is 7. The zero-order chi connectivity index (χ0) is 12.0. The molecule has 1 rings (SSSR count). The highest BCUT2D eigenvalue weighted by molar-refractivity contribution is 9.10. The lowest BCUT2D eigenvalue weighted by atomic mass is 9.97. The number of ether oxygens (including phenoxy) is 1. The Labute approximate surface area is 111 Å². The molecule has 0 amide bonds. The van der Waals surface area contributed by atoms with Crippen molar-refractivity contribution in [1.82, 2.24) is 5.32 Å². The molecular weight excluding hydrogens is 286 g/mol. The van der Waals surface area contributed by atoms with Crippen LogP contribution in [0.25, 0.3) is 0 Å². The molecule has 2 nitrogen and oxygen atoms in total. The van der Waals surface area contributed by atoms with Gasteiger partial charge in [-0.3, -0.25) is 0 Å². The lowest BCUT2D eigenvalue weighted by Gasteiger charge is -2.23. The fourth-order valence-corrected chi connectivity index (χ4v) is 3.42. The minimum atomic E-state index is 0.441. The van der Waals surface area contributed by atoms with Gasteiger partial charge < -0.3 is 10.1 Å². The van der Waals surface area contributed by atoms with Crippen LogP contribution in [0.1, 0.15) is 31.2 Å². The Morgan fingerprint density at radius 1 is 1.56 bits per heavy atom. The Morgan fingerprint density at radius 2 is 2.31 bits per heavy atom. The van der Waals surface area contributed by atoms with Crippen LogP contribution in [0.15, 0.2) is 15.9 Å². The van der Waals surface area contributed by atoms with Crippen LogP contribution in [0.3, 0.4) is 0 Å². The van der Waals surface area contributed by atoms with Crippen LogP contribution in [-0.2, 0) is 4.74 Å². The predicted octanol–water partition coefficient (Wildman–Crippen LogP) is 3.83. The molecule has 1 aromatic heterocycles. The molecule has 0 aliphatic carbocycles. The van der Waals surface area contributed by atoms with E-state index in [1.807, 2.05) is 11.3 Å². The topological polar surface area (TPSA) is 21.3 Å². The van der Waals surface area contributed by atoms with Crippen LogP contribution in [0.2, 0.25) is 0 Å². The van der Waals surface area contributed by atoms with Crippen molar-refractivity contribution in [2.24, 2.45) is 5.92 Å². The van der Waals surface area contributed by atoms with Gasteiger partial charge in [-0.2, -0.15) is 0 Å². The molecule has 2 atom stereocenters. The van der Waals surface area contributed by atoms with E-state index >= 15 is 0 Å². The third kappa shape index (κ3) is 4.17. The molecule has 1 N–H and O–H groups in total. The SMILES string of the molecule is CCNC(c1cc(Br)cs1)C(C)CCOC. The molecule has 0 saturated carbocycles. The van der Waals surface area contributed by atoms with E-state index in [9.17, 15) is 0 Å². The predicted molar refractivity (Wildman–Crippen MR) is 74.1 cm³/mol. The Balaban J connectivity index is 2.66. The molecule has 4 heteroatoms. The minimum Gasteiger partial charge on any atom is -0.385 e. The zero-order valence-electron chi connectivity index (χ0n) is 10.1. The third-order valence-corrected chi connectivity index (χ3v) is 4.44. The minimum absolute atomic E-state index is 0.441. The molecule has 0 saturated heterocycles. The zero-order valence-corrected chi connectivity index (χ0v) is 12.5. The normalized spacial score (nSPS) is 15.0. The van der Waals surface area contributed by atoms with Crippen molar-refractivity contribution in [2.75, 3.05) is 20.3 Å². The van der Waals surface area contributed by atoms with Gasteiger partial charge in [0.25, 0.3) is 0 Å². The standard InChI is InChI=1S/C12H20BrNOS/c1-4-14-12(9(2)5-6-15-3)11-7-10(13)8-16-11/h7-9,12,14H,4-6H2,1-3H3. The average Bonchev–Trinajstić information content (AvgIpc) is 2.69. The Bertz CT molecular complexity index is 303. The quantitative estimate of drug-likeness (QED) is 0.826. The molecule has 92 valence electrons. The first-order valence-corrected chi connectivity index (χ1v) is 7.32. The summed E-state index contributed by atoms with van der Waals surface area (Å²) in [5.74, 6) is 0.588. The van der Waals surface area contributed by atoms with Crippen molar-refractivity contribution in [1.29, 1.82) is 0 Å². The smallest absolute Gasteiger partial charge is 0.0465 e. The van der Waals surface area contributed by atoms with Crippen molar-refractivity contribution in [3.05, 3.63) is 20.8 Å². The highest BCUT2D eigenvalue weighted by Crippen LogP contribution is 2.31. The van der Waals surface area contributed by atoms with Gasteiger partial charge in [0.15, 0.2) is 0 Å². The van der Waals surface area contributed by atoms with E-state index < -0.39 is 0 Å². The molecule has 1 aromatic rings. The number of nitrogens with one attached hydrogen (secondary N) is 1. The van der Waals surface area contributed by atoms with Gasteiger partial charge in [-0.05, 0) is 40.9 Å². The third-order valence-electron chi connectivity index (χ3n) is 2.66. The molecule has 0 aliphatic rings. The Kier molecular flexibility index (Phi) is 6.58. The molecule has 2 unspecified atom stereocenters. The summed E-state index contributed by atoms with van der Waals surface area (Å²) in [6.45, 7) is 6.26. The number of hydrogen-bond acceptors (Lipinski definition) is 3. The Morgan fingerprint density at radius 3 is 2.81 bits per heavy atom. The molecule has 1 heterocycles. The molecule has 0 radical (unpaired) electrons. The van der Waals surface area contributed by atoms with Gasteiger partial charge in [0, 0.05) is 34.5 Å². The maximum absolute atomic E-state index is 5.15.